The number of nitrogens with one attached hydrogen (secondary N) is 2. The van der Waals surface area contributed by atoms with E-state index in [-0.39, 0.29) is 5.91 Å². The van der Waals surface area contributed by atoms with E-state index in [0.717, 1.165) is 13.0 Å². The van der Waals surface area contributed by atoms with E-state index in [4.69, 9.17) is 0 Å². The highest BCUT2D eigenvalue weighted by molar-refractivity contribution is 5.75. The van der Waals surface area contributed by atoms with Crippen LogP contribution >= 0.6 is 0 Å². The molecule has 1 atom stereocenters. The van der Waals surface area contributed by atoms with Crippen LogP contribution in [0.25, 0.3) is 0 Å². The van der Waals surface area contributed by atoms with Crippen molar-refractivity contribution in [3.63, 3.8) is 0 Å². The largest absolute Gasteiger partial charge is 0.359 e. The van der Waals surface area contributed by atoms with Crippen LogP contribution < -0.4 is 10.6 Å². The Kier molecular flexibility index (Phi) is 4.76. The highest BCUT2D eigenvalue weighted by atomic mass is 16.1. The average Bonchev–Trinajstić information content (AvgIpc) is 2.43. The van der Waals surface area contributed by atoms with Gasteiger partial charge < -0.3 is 10.6 Å². The summed E-state index contributed by atoms with van der Waals surface area (Å²) in [6.45, 7) is 0.909. The predicted molar refractivity (Wildman–Crippen MR) is 73.4 cm³/mol. The maximum Gasteiger partial charge on any atom is 0.219 e. The Bertz CT molecular complexity index is 403. The molecule has 0 aromatic heterocycles. The minimum absolute atomic E-state index is 0.126. The van der Waals surface area contributed by atoms with Gasteiger partial charge in [-0.3, -0.25) is 4.79 Å². The molecule has 1 aromatic rings. The van der Waals surface area contributed by atoms with E-state index in [2.05, 4.69) is 34.9 Å². The molecule has 2 rings (SSSR count). The van der Waals surface area contributed by atoms with Gasteiger partial charge in [-0.25, -0.2) is 0 Å². The van der Waals surface area contributed by atoms with E-state index < -0.39 is 0 Å². The van der Waals surface area contributed by atoms with E-state index in [1.807, 2.05) is 0 Å². The van der Waals surface area contributed by atoms with Crippen LogP contribution in [0.5, 0.6) is 0 Å². The molecule has 1 aromatic carbocycles. The predicted octanol–water partition coefficient (Wildman–Crippen LogP) is 2.18. The van der Waals surface area contributed by atoms with Crippen molar-refractivity contribution in [1.82, 2.24) is 10.6 Å². The summed E-state index contributed by atoms with van der Waals surface area (Å²) in [4.78, 5) is 11.1. The van der Waals surface area contributed by atoms with E-state index in [1.54, 1.807) is 7.05 Å². The molecule has 98 valence electrons. The van der Waals surface area contributed by atoms with Crippen LogP contribution in [-0.2, 0) is 11.2 Å². The Hall–Kier alpha value is -1.35. The van der Waals surface area contributed by atoms with Crippen molar-refractivity contribution in [2.75, 3.05) is 13.6 Å². The Labute approximate surface area is 109 Å². The van der Waals surface area contributed by atoms with Crippen LogP contribution in [0.2, 0.25) is 0 Å². The quantitative estimate of drug-likeness (QED) is 0.782. The van der Waals surface area contributed by atoms with Gasteiger partial charge in [-0.1, -0.05) is 24.3 Å². The molecular formula is C15H22N2O. The van der Waals surface area contributed by atoms with E-state index in [1.165, 1.54) is 30.4 Å². The smallest absolute Gasteiger partial charge is 0.219 e. The number of carbonyl (C=O) groups excluding carboxylic acids is 1. The monoisotopic (exact) mass is 246 g/mol. The summed E-state index contributed by atoms with van der Waals surface area (Å²) in [6, 6.07) is 9.16. The van der Waals surface area contributed by atoms with Crippen molar-refractivity contribution in [3.8, 4) is 0 Å². The third-order valence-corrected chi connectivity index (χ3v) is 3.62. The summed E-state index contributed by atoms with van der Waals surface area (Å²) < 4.78 is 0. The number of aryl methyl sites for hydroxylation is 1. The second-order valence-corrected chi connectivity index (χ2v) is 4.87. The molecule has 1 unspecified atom stereocenters. The summed E-state index contributed by atoms with van der Waals surface area (Å²) >= 11 is 0. The molecule has 0 bridgehead atoms. The van der Waals surface area contributed by atoms with Gasteiger partial charge in [0.2, 0.25) is 5.91 Å². The summed E-state index contributed by atoms with van der Waals surface area (Å²) in [5.74, 6) is 0.126. The van der Waals surface area contributed by atoms with Gasteiger partial charge in [0.05, 0.1) is 0 Å². The average molecular weight is 246 g/mol. The molecule has 0 saturated carbocycles. The van der Waals surface area contributed by atoms with Crippen LogP contribution in [0.4, 0.5) is 0 Å². The Morgan fingerprint density at radius 3 is 3.06 bits per heavy atom. The minimum atomic E-state index is 0.126. The lowest BCUT2D eigenvalue weighted by atomic mass is 9.88. The van der Waals surface area contributed by atoms with Crippen LogP contribution in [0.1, 0.15) is 42.9 Å². The lowest BCUT2D eigenvalue weighted by Gasteiger charge is -2.26. The number of benzene rings is 1. The fourth-order valence-electron chi connectivity index (χ4n) is 2.62. The third kappa shape index (κ3) is 3.33. The maximum atomic E-state index is 11.1. The molecule has 0 fully saturated rings. The second-order valence-electron chi connectivity index (χ2n) is 4.87. The zero-order valence-corrected chi connectivity index (χ0v) is 11.0. The van der Waals surface area contributed by atoms with Gasteiger partial charge in [0.25, 0.3) is 0 Å². The maximum absolute atomic E-state index is 11.1. The molecule has 0 radical (unpaired) electrons. The molecule has 0 heterocycles. The summed E-state index contributed by atoms with van der Waals surface area (Å²) in [6.07, 6.45) is 5.17. The normalized spacial score (nSPS) is 18.2. The van der Waals surface area contributed by atoms with Gasteiger partial charge in [0.15, 0.2) is 0 Å². The van der Waals surface area contributed by atoms with Gasteiger partial charge >= 0.3 is 0 Å². The van der Waals surface area contributed by atoms with Crippen molar-refractivity contribution in [1.29, 1.82) is 0 Å². The van der Waals surface area contributed by atoms with Gasteiger partial charge in [-0.2, -0.15) is 0 Å². The van der Waals surface area contributed by atoms with Crippen molar-refractivity contribution in [2.45, 2.75) is 38.1 Å². The number of hydrogen-bond acceptors (Lipinski definition) is 2. The van der Waals surface area contributed by atoms with Gasteiger partial charge in [-0.15, -0.1) is 0 Å². The topological polar surface area (TPSA) is 41.1 Å². The lowest BCUT2D eigenvalue weighted by molar-refractivity contribution is -0.120. The zero-order chi connectivity index (χ0) is 12.8. The molecule has 18 heavy (non-hydrogen) atoms. The molecule has 0 spiro atoms. The second kappa shape index (κ2) is 6.55. The first kappa shape index (κ1) is 13.1. The van der Waals surface area contributed by atoms with Crippen LogP contribution in [0.3, 0.4) is 0 Å². The highest BCUT2D eigenvalue weighted by Crippen LogP contribution is 2.29. The first-order valence-electron chi connectivity index (χ1n) is 6.83. The van der Waals surface area contributed by atoms with Crippen LogP contribution in [0, 0.1) is 0 Å². The number of amides is 1. The van der Waals surface area contributed by atoms with Crippen molar-refractivity contribution in [2.24, 2.45) is 0 Å². The van der Waals surface area contributed by atoms with Crippen LogP contribution in [0.15, 0.2) is 24.3 Å². The van der Waals surface area contributed by atoms with Gasteiger partial charge in [-0.05, 0) is 43.4 Å². The fourth-order valence-corrected chi connectivity index (χ4v) is 2.62. The van der Waals surface area contributed by atoms with Crippen LogP contribution in [-0.4, -0.2) is 19.5 Å². The molecule has 1 aliphatic rings. The molecular weight excluding hydrogens is 224 g/mol. The number of rotatable bonds is 5. The number of hydrogen-bond donors (Lipinski definition) is 2. The lowest BCUT2D eigenvalue weighted by Crippen LogP contribution is -2.27. The van der Waals surface area contributed by atoms with E-state index >= 15 is 0 Å². The van der Waals surface area contributed by atoms with Crippen molar-refractivity contribution < 1.29 is 4.79 Å². The minimum Gasteiger partial charge on any atom is -0.359 e. The summed E-state index contributed by atoms with van der Waals surface area (Å²) in [7, 11) is 1.69. The van der Waals surface area contributed by atoms with Crippen molar-refractivity contribution >= 4 is 5.91 Å². The Morgan fingerprint density at radius 2 is 2.22 bits per heavy atom. The molecule has 1 aliphatic carbocycles. The first-order valence-corrected chi connectivity index (χ1v) is 6.83. The van der Waals surface area contributed by atoms with Gasteiger partial charge in [0, 0.05) is 19.5 Å². The molecule has 1 amide bonds. The number of carbonyl (C=O) groups is 1. The highest BCUT2D eigenvalue weighted by Gasteiger charge is 2.18. The zero-order valence-electron chi connectivity index (χ0n) is 11.0. The molecule has 3 nitrogen and oxygen atoms in total. The molecule has 0 aliphatic heterocycles. The van der Waals surface area contributed by atoms with E-state index in [9.17, 15) is 4.79 Å². The molecule has 0 saturated heterocycles. The summed E-state index contributed by atoms with van der Waals surface area (Å²) in [5, 5.41) is 6.23. The van der Waals surface area contributed by atoms with E-state index in [0.29, 0.717) is 12.5 Å². The number of fused-ring (bicyclic) bond motifs is 1. The molecule has 3 heteroatoms. The standard InChI is InChI=1S/C15H22N2O/c1-16-15(18)10-5-11-17-14-9-4-7-12-6-2-3-8-13(12)14/h2-3,6,8,14,17H,4-5,7,9-11H2,1H3,(H,16,18). The third-order valence-electron chi connectivity index (χ3n) is 3.62. The summed E-state index contributed by atoms with van der Waals surface area (Å²) in [5.41, 5.74) is 2.93. The van der Waals surface area contributed by atoms with Crippen molar-refractivity contribution in [3.05, 3.63) is 35.4 Å². The fraction of sp³-hybridized carbons (Fsp3) is 0.533. The first-order chi connectivity index (χ1) is 8.81. The Balaban J connectivity index is 1.82. The molecule has 2 N–H and O–H groups in total. The SMILES string of the molecule is CNC(=O)CCCNC1CCCc2ccccc21. The Morgan fingerprint density at radius 1 is 1.39 bits per heavy atom. The van der Waals surface area contributed by atoms with Gasteiger partial charge in [0.1, 0.15) is 0 Å².